The van der Waals surface area contributed by atoms with Gasteiger partial charge in [-0.1, -0.05) is 11.6 Å². The van der Waals surface area contributed by atoms with Gasteiger partial charge in [-0.15, -0.1) is 0 Å². The second-order valence-corrected chi connectivity index (χ2v) is 4.21. The van der Waals surface area contributed by atoms with E-state index in [1.165, 1.54) is 22.8 Å². The number of fused-ring (bicyclic) bond motifs is 1. The Hall–Kier alpha value is -2.28. The lowest BCUT2D eigenvalue weighted by Gasteiger charge is -2.09. The van der Waals surface area contributed by atoms with E-state index < -0.39 is 23.2 Å². The van der Waals surface area contributed by atoms with Gasteiger partial charge in [-0.2, -0.15) is 9.61 Å². The zero-order chi connectivity index (χ0) is 14.3. The van der Waals surface area contributed by atoms with E-state index >= 15 is 0 Å². The first kappa shape index (κ1) is 12.7. The molecule has 3 aromatic rings. The maximum Gasteiger partial charge on any atom is 0.225 e. The molecule has 0 unspecified atom stereocenters. The molecule has 20 heavy (non-hydrogen) atoms. The Bertz CT molecular complexity index is 783. The van der Waals surface area contributed by atoms with Crippen LogP contribution in [0.1, 0.15) is 0 Å². The molecule has 0 atom stereocenters. The fraction of sp³-hybridized carbons (Fsp3) is 0. The summed E-state index contributed by atoms with van der Waals surface area (Å²) in [6, 6.07) is 3.81. The summed E-state index contributed by atoms with van der Waals surface area (Å²) in [4.78, 5) is 3.94. The van der Waals surface area contributed by atoms with E-state index in [1.807, 2.05) is 0 Å². The Labute approximate surface area is 115 Å². The van der Waals surface area contributed by atoms with E-state index in [9.17, 15) is 13.2 Å². The van der Waals surface area contributed by atoms with Crippen molar-refractivity contribution in [1.82, 2.24) is 14.6 Å². The monoisotopic (exact) mass is 299 g/mol. The van der Waals surface area contributed by atoms with Gasteiger partial charge in [0.25, 0.3) is 0 Å². The van der Waals surface area contributed by atoms with Crippen LogP contribution in [-0.4, -0.2) is 14.6 Å². The van der Waals surface area contributed by atoms with Gasteiger partial charge >= 0.3 is 0 Å². The first-order valence-electron chi connectivity index (χ1n) is 5.37. The van der Waals surface area contributed by atoms with Gasteiger partial charge in [0.2, 0.25) is 11.6 Å². The Morgan fingerprint density at radius 2 is 1.80 bits per heavy atom. The highest BCUT2D eigenvalue weighted by Gasteiger charge is 2.16. The Morgan fingerprint density at radius 1 is 1.10 bits per heavy atom. The van der Waals surface area contributed by atoms with Crippen molar-refractivity contribution < 1.29 is 17.9 Å². The van der Waals surface area contributed by atoms with E-state index in [4.69, 9.17) is 16.3 Å². The van der Waals surface area contributed by atoms with Gasteiger partial charge in [0.1, 0.15) is 11.0 Å². The fourth-order valence-electron chi connectivity index (χ4n) is 1.66. The zero-order valence-electron chi connectivity index (χ0n) is 9.65. The van der Waals surface area contributed by atoms with Crippen LogP contribution in [0.15, 0.2) is 30.5 Å². The molecular formula is C12H5ClF3N3O. The van der Waals surface area contributed by atoms with Crippen LogP contribution in [-0.2, 0) is 0 Å². The smallest absolute Gasteiger partial charge is 0.225 e. The Morgan fingerprint density at radius 3 is 2.50 bits per heavy atom. The predicted molar refractivity (Wildman–Crippen MR) is 64.4 cm³/mol. The van der Waals surface area contributed by atoms with Gasteiger partial charge < -0.3 is 4.74 Å². The molecular weight excluding hydrogens is 295 g/mol. The van der Waals surface area contributed by atoms with Crippen LogP contribution in [0.5, 0.6) is 11.6 Å². The predicted octanol–water partition coefficient (Wildman–Crippen LogP) is 3.59. The number of rotatable bonds is 2. The molecule has 102 valence electrons. The lowest BCUT2D eigenvalue weighted by molar-refractivity contribution is 0.381. The summed E-state index contributed by atoms with van der Waals surface area (Å²) in [6.07, 6.45) is 1.42. The van der Waals surface area contributed by atoms with Crippen molar-refractivity contribution in [1.29, 1.82) is 0 Å². The van der Waals surface area contributed by atoms with Crippen molar-refractivity contribution in [2.45, 2.75) is 0 Å². The van der Waals surface area contributed by atoms with Crippen molar-refractivity contribution in [3.63, 3.8) is 0 Å². The van der Waals surface area contributed by atoms with Crippen molar-refractivity contribution in [3.05, 3.63) is 53.1 Å². The molecule has 0 spiro atoms. The molecule has 4 nitrogen and oxygen atoms in total. The number of hydrogen-bond donors (Lipinski definition) is 0. The SMILES string of the molecule is Fc1cc(F)c(Oc2cc(Cl)nc3ccnn23)c(F)c1. The third kappa shape index (κ3) is 2.16. The third-order valence-electron chi connectivity index (χ3n) is 2.47. The summed E-state index contributed by atoms with van der Waals surface area (Å²) in [5.74, 6) is -4.17. The van der Waals surface area contributed by atoms with Gasteiger partial charge in [0.05, 0.1) is 6.20 Å². The molecule has 8 heteroatoms. The molecule has 0 bridgehead atoms. The maximum atomic E-state index is 13.5. The van der Waals surface area contributed by atoms with E-state index in [1.54, 1.807) is 0 Å². The van der Waals surface area contributed by atoms with Gasteiger partial charge in [-0.05, 0) is 0 Å². The summed E-state index contributed by atoms with van der Waals surface area (Å²) in [6.45, 7) is 0. The standard InChI is InChI=1S/C12H5ClF3N3O/c13-9-5-11(19-10(18-9)1-2-17-19)20-12-7(15)3-6(14)4-8(12)16/h1-5H. The molecule has 0 saturated carbocycles. The van der Waals surface area contributed by atoms with Gasteiger partial charge in [0.15, 0.2) is 17.3 Å². The number of aromatic nitrogens is 3. The first-order valence-corrected chi connectivity index (χ1v) is 5.75. The number of benzene rings is 1. The molecule has 3 rings (SSSR count). The minimum absolute atomic E-state index is 0.0468. The second-order valence-electron chi connectivity index (χ2n) is 3.82. The molecule has 2 aromatic heterocycles. The lowest BCUT2D eigenvalue weighted by Crippen LogP contribution is -2.00. The Balaban J connectivity index is 2.12. The van der Waals surface area contributed by atoms with Crippen molar-refractivity contribution >= 4 is 17.2 Å². The molecule has 0 aliphatic rings. The molecule has 2 heterocycles. The van der Waals surface area contributed by atoms with E-state index in [0.717, 1.165) is 0 Å². The molecule has 0 fully saturated rings. The van der Waals surface area contributed by atoms with Crippen LogP contribution in [0.25, 0.3) is 5.65 Å². The van der Waals surface area contributed by atoms with E-state index in [-0.39, 0.29) is 11.0 Å². The number of halogens is 4. The molecule has 0 aliphatic heterocycles. The Kier molecular flexibility index (Phi) is 2.98. The maximum absolute atomic E-state index is 13.5. The van der Waals surface area contributed by atoms with Gasteiger partial charge in [-0.3, -0.25) is 0 Å². The lowest BCUT2D eigenvalue weighted by atomic mass is 10.3. The molecule has 1 aromatic carbocycles. The summed E-state index contributed by atoms with van der Waals surface area (Å²) in [5.41, 5.74) is 0.343. The number of hydrogen-bond acceptors (Lipinski definition) is 3. The van der Waals surface area contributed by atoms with Crippen LogP contribution in [0, 0.1) is 17.5 Å². The van der Waals surface area contributed by atoms with Crippen LogP contribution >= 0.6 is 11.6 Å². The van der Waals surface area contributed by atoms with Gasteiger partial charge in [-0.25, -0.2) is 18.2 Å². The highest BCUT2D eigenvalue weighted by atomic mass is 35.5. The molecule has 0 aliphatic carbocycles. The van der Waals surface area contributed by atoms with Crippen molar-refractivity contribution in [2.75, 3.05) is 0 Å². The van der Waals surface area contributed by atoms with Crippen molar-refractivity contribution in [2.24, 2.45) is 0 Å². The first-order chi connectivity index (χ1) is 9.54. The average Bonchev–Trinajstić information content (AvgIpc) is 2.81. The van der Waals surface area contributed by atoms with Gasteiger partial charge in [0, 0.05) is 24.3 Å². The van der Waals surface area contributed by atoms with Crippen LogP contribution in [0.2, 0.25) is 5.15 Å². The highest BCUT2D eigenvalue weighted by molar-refractivity contribution is 6.29. The fourth-order valence-corrected chi connectivity index (χ4v) is 1.84. The third-order valence-corrected chi connectivity index (χ3v) is 2.66. The van der Waals surface area contributed by atoms with Crippen LogP contribution in [0.4, 0.5) is 13.2 Å². The summed E-state index contributed by atoms with van der Waals surface area (Å²) >= 11 is 5.77. The topological polar surface area (TPSA) is 39.4 Å². The summed E-state index contributed by atoms with van der Waals surface area (Å²) in [7, 11) is 0. The minimum Gasteiger partial charge on any atom is -0.433 e. The van der Waals surface area contributed by atoms with E-state index in [0.29, 0.717) is 17.8 Å². The van der Waals surface area contributed by atoms with E-state index in [2.05, 4.69) is 10.1 Å². The number of ether oxygens (including phenoxy) is 1. The molecule has 0 radical (unpaired) electrons. The average molecular weight is 300 g/mol. The summed E-state index contributed by atoms with van der Waals surface area (Å²) in [5, 5.41) is 3.95. The largest absolute Gasteiger partial charge is 0.433 e. The van der Waals surface area contributed by atoms with Crippen LogP contribution < -0.4 is 4.74 Å². The summed E-state index contributed by atoms with van der Waals surface area (Å²) < 4.78 is 46.2. The normalized spacial score (nSPS) is 11.0. The zero-order valence-corrected chi connectivity index (χ0v) is 10.4. The highest BCUT2D eigenvalue weighted by Crippen LogP contribution is 2.29. The minimum atomic E-state index is -1.17. The molecule has 0 amide bonds. The second kappa shape index (κ2) is 4.68. The molecule has 0 N–H and O–H groups in total. The van der Waals surface area contributed by atoms with Crippen LogP contribution in [0.3, 0.4) is 0 Å². The quantitative estimate of drug-likeness (QED) is 0.679. The van der Waals surface area contributed by atoms with Crippen molar-refractivity contribution in [3.8, 4) is 11.6 Å². The molecule has 0 saturated heterocycles. The number of nitrogens with zero attached hydrogens (tertiary/aromatic N) is 3.